The van der Waals surface area contributed by atoms with Crippen molar-refractivity contribution in [2.24, 2.45) is 17.8 Å². The molecule has 1 aromatic carbocycles. The molecule has 0 amide bonds. The van der Waals surface area contributed by atoms with Crippen molar-refractivity contribution in [2.45, 2.75) is 38.2 Å². The van der Waals surface area contributed by atoms with Crippen LogP contribution < -0.4 is 0 Å². The quantitative estimate of drug-likeness (QED) is 0.908. The molecule has 4 atom stereocenters. The Balaban J connectivity index is 1.59. The average molecular weight is 267 g/mol. The molecule has 0 aliphatic heterocycles. The zero-order valence-electron chi connectivity index (χ0n) is 11.7. The van der Waals surface area contributed by atoms with E-state index in [9.17, 15) is 5.11 Å². The third-order valence-electron chi connectivity index (χ3n) is 5.43. The minimum Gasteiger partial charge on any atom is -0.387 e. The molecule has 104 valence electrons. The maximum atomic E-state index is 10.6. The number of hydrogen-bond donors (Lipinski definition) is 1. The number of benzene rings is 1. The molecule has 0 spiro atoms. The number of aliphatic hydroxyl groups excluding tert-OH is 1. The molecule has 1 N–H and O–H groups in total. The van der Waals surface area contributed by atoms with E-state index in [1.165, 1.54) is 31.1 Å². The Labute approximate surface area is 119 Å². The molecule has 2 aliphatic rings. The predicted octanol–water partition coefficient (Wildman–Crippen LogP) is 4.09. The molecule has 2 nitrogen and oxygen atoms in total. The zero-order valence-corrected chi connectivity index (χ0v) is 11.7. The van der Waals surface area contributed by atoms with Crippen LogP contribution in [0.4, 0.5) is 0 Å². The van der Waals surface area contributed by atoms with Crippen LogP contribution >= 0.6 is 0 Å². The molecule has 2 bridgehead atoms. The van der Waals surface area contributed by atoms with Crippen molar-refractivity contribution in [1.29, 1.82) is 0 Å². The molecule has 20 heavy (non-hydrogen) atoms. The first-order chi connectivity index (χ1) is 9.81. The summed E-state index contributed by atoms with van der Waals surface area (Å²) in [5, 5.41) is 12.9. The van der Waals surface area contributed by atoms with E-state index in [1.807, 2.05) is 24.4 Å². The van der Waals surface area contributed by atoms with Crippen LogP contribution in [0, 0.1) is 17.8 Å². The van der Waals surface area contributed by atoms with Crippen molar-refractivity contribution in [1.82, 2.24) is 4.98 Å². The van der Waals surface area contributed by atoms with Crippen molar-refractivity contribution in [3.05, 3.63) is 42.2 Å². The van der Waals surface area contributed by atoms with Gasteiger partial charge < -0.3 is 5.11 Å². The molecule has 2 fully saturated rings. The molecule has 0 saturated heterocycles. The minimum absolute atomic E-state index is 0.412. The van der Waals surface area contributed by atoms with Crippen LogP contribution in [0.2, 0.25) is 0 Å². The van der Waals surface area contributed by atoms with E-state index in [2.05, 4.69) is 17.1 Å². The predicted molar refractivity (Wildman–Crippen MR) is 80.3 cm³/mol. The van der Waals surface area contributed by atoms with E-state index >= 15 is 0 Å². The van der Waals surface area contributed by atoms with Gasteiger partial charge >= 0.3 is 0 Å². The molecule has 4 rings (SSSR count). The monoisotopic (exact) mass is 267 g/mol. The van der Waals surface area contributed by atoms with Crippen LogP contribution in [0.1, 0.15) is 43.9 Å². The number of aromatic nitrogens is 1. The Morgan fingerprint density at radius 1 is 1.15 bits per heavy atom. The summed E-state index contributed by atoms with van der Waals surface area (Å²) in [7, 11) is 0. The average Bonchev–Trinajstić information content (AvgIpc) is 3.09. The molecule has 2 aromatic rings. The number of hydrogen-bond acceptors (Lipinski definition) is 2. The first kappa shape index (κ1) is 12.3. The highest BCUT2D eigenvalue weighted by atomic mass is 16.3. The van der Waals surface area contributed by atoms with E-state index < -0.39 is 6.10 Å². The molecule has 2 saturated carbocycles. The molecular formula is C18H21NO. The fraction of sp³-hybridized carbons (Fsp3) is 0.500. The van der Waals surface area contributed by atoms with Crippen LogP contribution in [-0.2, 0) is 0 Å². The van der Waals surface area contributed by atoms with Crippen LogP contribution in [0.3, 0.4) is 0 Å². The fourth-order valence-electron chi connectivity index (χ4n) is 4.47. The second kappa shape index (κ2) is 4.85. The van der Waals surface area contributed by atoms with E-state index in [-0.39, 0.29) is 0 Å². The van der Waals surface area contributed by atoms with Gasteiger partial charge in [-0.2, -0.15) is 0 Å². The third kappa shape index (κ3) is 2.03. The summed E-state index contributed by atoms with van der Waals surface area (Å²) in [6.07, 6.45) is 7.83. The Kier molecular flexibility index (Phi) is 2.99. The number of aliphatic hydroxyl groups is 1. The number of fused-ring (bicyclic) bond motifs is 3. The van der Waals surface area contributed by atoms with Gasteiger partial charge in [0, 0.05) is 11.6 Å². The van der Waals surface area contributed by atoms with Crippen LogP contribution in [0.15, 0.2) is 36.5 Å². The second-order valence-corrected chi connectivity index (χ2v) is 6.60. The fourth-order valence-corrected chi connectivity index (χ4v) is 4.47. The highest BCUT2D eigenvalue weighted by Gasteiger charge is 2.40. The van der Waals surface area contributed by atoms with Crippen molar-refractivity contribution in [3.63, 3.8) is 0 Å². The van der Waals surface area contributed by atoms with E-state index in [0.29, 0.717) is 5.92 Å². The summed E-state index contributed by atoms with van der Waals surface area (Å²) < 4.78 is 0. The Morgan fingerprint density at radius 2 is 2.05 bits per heavy atom. The van der Waals surface area contributed by atoms with Crippen molar-refractivity contribution in [3.8, 4) is 0 Å². The summed E-state index contributed by atoms with van der Waals surface area (Å²) in [6, 6.07) is 10.2. The van der Waals surface area contributed by atoms with Gasteiger partial charge in [0.2, 0.25) is 0 Å². The molecule has 2 heteroatoms. The van der Waals surface area contributed by atoms with Gasteiger partial charge in [-0.1, -0.05) is 30.7 Å². The summed E-state index contributed by atoms with van der Waals surface area (Å²) >= 11 is 0. The molecular weight excluding hydrogens is 246 g/mol. The van der Waals surface area contributed by atoms with E-state index in [4.69, 9.17) is 0 Å². The van der Waals surface area contributed by atoms with Gasteiger partial charge in [0.05, 0.1) is 11.8 Å². The van der Waals surface area contributed by atoms with Gasteiger partial charge in [-0.3, -0.25) is 4.98 Å². The van der Waals surface area contributed by atoms with Crippen LogP contribution in [-0.4, -0.2) is 10.1 Å². The Bertz CT molecular complexity index is 618. The van der Waals surface area contributed by atoms with E-state index in [0.717, 1.165) is 29.3 Å². The third-order valence-corrected chi connectivity index (χ3v) is 5.43. The first-order valence-electron chi connectivity index (χ1n) is 7.83. The van der Waals surface area contributed by atoms with Gasteiger partial charge in [0.1, 0.15) is 0 Å². The minimum atomic E-state index is -0.412. The number of rotatable bonds is 3. The van der Waals surface area contributed by atoms with Crippen molar-refractivity contribution in [2.75, 3.05) is 0 Å². The van der Waals surface area contributed by atoms with Gasteiger partial charge in [0.25, 0.3) is 0 Å². The maximum Gasteiger partial charge on any atom is 0.0968 e. The van der Waals surface area contributed by atoms with Crippen molar-refractivity contribution < 1.29 is 5.11 Å². The largest absolute Gasteiger partial charge is 0.387 e. The lowest BCUT2D eigenvalue weighted by atomic mass is 9.84. The van der Waals surface area contributed by atoms with Crippen LogP contribution in [0.25, 0.3) is 10.8 Å². The lowest BCUT2D eigenvalue weighted by molar-refractivity contribution is 0.123. The summed E-state index contributed by atoms with van der Waals surface area (Å²) in [4.78, 5) is 4.46. The molecule has 0 radical (unpaired) electrons. The Hall–Kier alpha value is -1.41. The van der Waals surface area contributed by atoms with Crippen LogP contribution in [0.5, 0.6) is 0 Å². The van der Waals surface area contributed by atoms with Gasteiger partial charge in [-0.25, -0.2) is 0 Å². The number of pyridine rings is 1. The second-order valence-electron chi connectivity index (χ2n) is 6.60. The summed E-state index contributed by atoms with van der Waals surface area (Å²) in [6.45, 7) is 0. The zero-order chi connectivity index (χ0) is 13.5. The normalized spacial score (nSPS) is 29.9. The smallest absolute Gasteiger partial charge is 0.0968 e. The van der Waals surface area contributed by atoms with Crippen molar-refractivity contribution >= 4 is 10.8 Å². The molecule has 2 aliphatic carbocycles. The SMILES string of the molecule is OC(CC1CC2CCC1C2)c1nccc2ccccc12. The summed E-state index contributed by atoms with van der Waals surface area (Å²) in [5.41, 5.74) is 0.867. The van der Waals surface area contributed by atoms with Gasteiger partial charge in [-0.15, -0.1) is 0 Å². The highest BCUT2D eigenvalue weighted by molar-refractivity contribution is 5.84. The standard InChI is InChI=1S/C18H21NO/c20-17(11-15-10-12-5-6-14(15)9-12)18-16-4-2-1-3-13(16)7-8-19-18/h1-4,7-8,12,14-15,17,20H,5-6,9-11H2. The van der Waals surface area contributed by atoms with Gasteiger partial charge in [-0.05, 0) is 54.9 Å². The maximum absolute atomic E-state index is 10.6. The molecule has 1 aromatic heterocycles. The molecule has 4 unspecified atom stereocenters. The molecule has 1 heterocycles. The lowest BCUT2D eigenvalue weighted by Gasteiger charge is -2.24. The highest BCUT2D eigenvalue weighted by Crippen LogP contribution is 2.51. The lowest BCUT2D eigenvalue weighted by Crippen LogP contribution is -2.15. The van der Waals surface area contributed by atoms with E-state index in [1.54, 1.807) is 0 Å². The van der Waals surface area contributed by atoms with Gasteiger partial charge in [0.15, 0.2) is 0 Å². The topological polar surface area (TPSA) is 33.1 Å². The number of nitrogens with zero attached hydrogens (tertiary/aromatic N) is 1. The summed E-state index contributed by atoms with van der Waals surface area (Å²) in [5.74, 6) is 2.52. The Morgan fingerprint density at radius 3 is 2.85 bits per heavy atom. The first-order valence-corrected chi connectivity index (χ1v) is 7.83.